The maximum atomic E-state index is 9.62. The SMILES string of the molecule is Cc1ccc(C(CO)CN2CCCCCC2)cc1. The smallest absolute Gasteiger partial charge is 0.0512 e. The molecular weight excluding hydrogens is 222 g/mol. The normalized spacial score (nSPS) is 19.4. The fourth-order valence-electron chi connectivity index (χ4n) is 2.74. The fourth-order valence-corrected chi connectivity index (χ4v) is 2.74. The first-order chi connectivity index (χ1) is 8.79. The van der Waals surface area contributed by atoms with Gasteiger partial charge in [0.15, 0.2) is 0 Å². The second-order valence-electron chi connectivity index (χ2n) is 5.51. The van der Waals surface area contributed by atoms with Crippen LogP contribution in [0.5, 0.6) is 0 Å². The molecule has 100 valence electrons. The predicted octanol–water partition coefficient (Wildman–Crippen LogP) is 2.95. The topological polar surface area (TPSA) is 23.5 Å². The van der Waals surface area contributed by atoms with Crippen LogP contribution >= 0.6 is 0 Å². The first-order valence-electron chi connectivity index (χ1n) is 7.19. The number of hydrogen-bond acceptors (Lipinski definition) is 2. The highest BCUT2D eigenvalue weighted by molar-refractivity contribution is 5.24. The van der Waals surface area contributed by atoms with Crippen molar-refractivity contribution in [2.75, 3.05) is 26.2 Å². The number of aliphatic hydroxyl groups excluding tert-OH is 1. The summed E-state index contributed by atoms with van der Waals surface area (Å²) >= 11 is 0. The second kappa shape index (κ2) is 6.91. The molecule has 1 N–H and O–H groups in total. The molecule has 1 aromatic carbocycles. The van der Waals surface area contributed by atoms with Gasteiger partial charge in [0.2, 0.25) is 0 Å². The van der Waals surface area contributed by atoms with Crippen LogP contribution in [-0.4, -0.2) is 36.2 Å². The first-order valence-corrected chi connectivity index (χ1v) is 7.19. The highest BCUT2D eigenvalue weighted by Crippen LogP contribution is 2.19. The molecule has 1 heterocycles. The van der Waals surface area contributed by atoms with Crippen LogP contribution in [0.25, 0.3) is 0 Å². The van der Waals surface area contributed by atoms with Crippen LogP contribution in [0.4, 0.5) is 0 Å². The molecule has 1 saturated heterocycles. The van der Waals surface area contributed by atoms with Crippen LogP contribution in [-0.2, 0) is 0 Å². The Bertz CT molecular complexity index is 339. The summed E-state index contributed by atoms with van der Waals surface area (Å²) in [4.78, 5) is 2.52. The summed E-state index contributed by atoms with van der Waals surface area (Å²) in [7, 11) is 0. The molecule has 0 amide bonds. The molecule has 0 saturated carbocycles. The van der Waals surface area contributed by atoms with Crippen molar-refractivity contribution in [1.82, 2.24) is 4.90 Å². The van der Waals surface area contributed by atoms with Gasteiger partial charge in [0.1, 0.15) is 0 Å². The summed E-state index contributed by atoms with van der Waals surface area (Å²) < 4.78 is 0. The third kappa shape index (κ3) is 3.82. The van der Waals surface area contributed by atoms with Gasteiger partial charge in [-0.2, -0.15) is 0 Å². The summed E-state index contributed by atoms with van der Waals surface area (Å²) in [5.41, 5.74) is 2.55. The van der Waals surface area contributed by atoms with Crippen LogP contribution in [0.15, 0.2) is 24.3 Å². The van der Waals surface area contributed by atoms with Gasteiger partial charge in [-0.1, -0.05) is 42.7 Å². The molecule has 2 heteroatoms. The minimum atomic E-state index is 0.250. The van der Waals surface area contributed by atoms with Crippen molar-refractivity contribution in [3.8, 4) is 0 Å². The van der Waals surface area contributed by atoms with Gasteiger partial charge in [-0.25, -0.2) is 0 Å². The van der Waals surface area contributed by atoms with Gasteiger partial charge < -0.3 is 10.0 Å². The van der Waals surface area contributed by atoms with E-state index in [9.17, 15) is 5.11 Å². The molecule has 1 unspecified atom stereocenters. The molecular formula is C16H25NO. The van der Waals surface area contributed by atoms with Gasteiger partial charge in [-0.3, -0.25) is 0 Å². The molecule has 0 bridgehead atoms. The number of aryl methyl sites for hydroxylation is 1. The lowest BCUT2D eigenvalue weighted by Gasteiger charge is -2.25. The molecule has 1 aromatic rings. The molecule has 0 aromatic heterocycles. The number of benzene rings is 1. The van der Waals surface area contributed by atoms with E-state index in [1.807, 2.05) is 0 Å². The Labute approximate surface area is 111 Å². The molecule has 2 rings (SSSR count). The highest BCUT2D eigenvalue weighted by Gasteiger charge is 2.16. The minimum absolute atomic E-state index is 0.250. The molecule has 1 aliphatic rings. The number of nitrogens with zero attached hydrogens (tertiary/aromatic N) is 1. The van der Waals surface area contributed by atoms with E-state index in [4.69, 9.17) is 0 Å². The third-order valence-electron chi connectivity index (χ3n) is 3.95. The zero-order valence-corrected chi connectivity index (χ0v) is 11.4. The predicted molar refractivity (Wildman–Crippen MR) is 75.9 cm³/mol. The highest BCUT2D eigenvalue weighted by atomic mass is 16.3. The standard InChI is InChI=1S/C16H25NO/c1-14-6-8-15(9-7-14)16(13-18)12-17-10-4-2-3-5-11-17/h6-9,16,18H,2-5,10-13H2,1H3. The fraction of sp³-hybridized carbons (Fsp3) is 0.625. The summed E-state index contributed by atoms with van der Waals surface area (Å²) in [6.07, 6.45) is 5.35. The zero-order chi connectivity index (χ0) is 12.8. The van der Waals surface area contributed by atoms with E-state index in [1.165, 1.54) is 49.9 Å². The number of hydrogen-bond donors (Lipinski definition) is 1. The number of aliphatic hydroxyl groups is 1. The molecule has 2 nitrogen and oxygen atoms in total. The van der Waals surface area contributed by atoms with Crippen LogP contribution in [0.1, 0.15) is 42.7 Å². The van der Waals surface area contributed by atoms with E-state index in [-0.39, 0.29) is 12.5 Å². The van der Waals surface area contributed by atoms with E-state index in [0.717, 1.165) is 6.54 Å². The summed E-state index contributed by atoms with van der Waals surface area (Å²) in [5.74, 6) is 0.267. The first kappa shape index (κ1) is 13.6. The van der Waals surface area contributed by atoms with Crippen LogP contribution in [0.2, 0.25) is 0 Å². The molecule has 1 atom stereocenters. The summed E-state index contributed by atoms with van der Waals surface area (Å²) in [5, 5.41) is 9.62. The van der Waals surface area contributed by atoms with Crippen molar-refractivity contribution in [3.63, 3.8) is 0 Å². The maximum absolute atomic E-state index is 9.62. The van der Waals surface area contributed by atoms with Crippen molar-refractivity contribution < 1.29 is 5.11 Å². The largest absolute Gasteiger partial charge is 0.396 e. The van der Waals surface area contributed by atoms with E-state index >= 15 is 0 Å². The van der Waals surface area contributed by atoms with Crippen molar-refractivity contribution in [2.45, 2.75) is 38.5 Å². The van der Waals surface area contributed by atoms with Gasteiger partial charge in [0.05, 0.1) is 6.61 Å². The molecule has 0 aliphatic carbocycles. The molecule has 0 spiro atoms. The van der Waals surface area contributed by atoms with Crippen molar-refractivity contribution in [2.24, 2.45) is 0 Å². The average Bonchev–Trinajstić information content (AvgIpc) is 2.66. The molecule has 18 heavy (non-hydrogen) atoms. The van der Waals surface area contributed by atoms with Crippen LogP contribution < -0.4 is 0 Å². The van der Waals surface area contributed by atoms with E-state index in [1.54, 1.807) is 0 Å². The van der Waals surface area contributed by atoms with E-state index in [2.05, 4.69) is 36.1 Å². The Morgan fingerprint density at radius 2 is 1.67 bits per heavy atom. The van der Waals surface area contributed by atoms with Crippen molar-refractivity contribution >= 4 is 0 Å². The Morgan fingerprint density at radius 1 is 1.06 bits per heavy atom. The van der Waals surface area contributed by atoms with Gasteiger partial charge in [-0.05, 0) is 38.4 Å². The van der Waals surface area contributed by atoms with Gasteiger partial charge in [-0.15, -0.1) is 0 Å². The van der Waals surface area contributed by atoms with E-state index in [0.29, 0.717) is 0 Å². The Hall–Kier alpha value is -0.860. The van der Waals surface area contributed by atoms with Gasteiger partial charge in [0.25, 0.3) is 0 Å². The Balaban J connectivity index is 1.97. The molecule has 1 aliphatic heterocycles. The monoisotopic (exact) mass is 247 g/mol. The zero-order valence-electron chi connectivity index (χ0n) is 11.4. The van der Waals surface area contributed by atoms with Crippen LogP contribution in [0.3, 0.4) is 0 Å². The van der Waals surface area contributed by atoms with E-state index < -0.39 is 0 Å². The lowest BCUT2D eigenvalue weighted by molar-refractivity contribution is 0.203. The quantitative estimate of drug-likeness (QED) is 0.884. The summed E-state index contributed by atoms with van der Waals surface area (Å²) in [6, 6.07) is 8.60. The minimum Gasteiger partial charge on any atom is -0.396 e. The second-order valence-corrected chi connectivity index (χ2v) is 5.51. The number of likely N-dealkylation sites (tertiary alicyclic amines) is 1. The molecule has 1 fully saturated rings. The Morgan fingerprint density at radius 3 is 2.22 bits per heavy atom. The maximum Gasteiger partial charge on any atom is 0.0512 e. The van der Waals surface area contributed by atoms with Crippen LogP contribution in [0, 0.1) is 6.92 Å². The van der Waals surface area contributed by atoms with Gasteiger partial charge >= 0.3 is 0 Å². The Kier molecular flexibility index (Phi) is 5.21. The lowest BCUT2D eigenvalue weighted by atomic mass is 9.98. The van der Waals surface area contributed by atoms with Gasteiger partial charge in [0, 0.05) is 12.5 Å². The van der Waals surface area contributed by atoms with Crippen molar-refractivity contribution in [3.05, 3.63) is 35.4 Å². The average molecular weight is 247 g/mol. The summed E-state index contributed by atoms with van der Waals surface area (Å²) in [6.45, 7) is 5.75. The third-order valence-corrected chi connectivity index (χ3v) is 3.95. The number of rotatable bonds is 4. The van der Waals surface area contributed by atoms with Crippen molar-refractivity contribution in [1.29, 1.82) is 0 Å². The lowest BCUT2D eigenvalue weighted by Crippen LogP contribution is -2.31. The molecule has 0 radical (unpaired) electrons.